The van der Waals surface area contributed by atoms with Crippen LogP contribution in [0.2, 0.25) is 0 Å². The summed E-state index contributed by atoms with van der Waals surface area (Å²) in [5, 5.41) is 3.35. The smallest absolute Gasteiger partial charge is 0.123 e. The first-order valence-electron chi connectivity index (χ1n) is 7.05. The van der Waals surface area contributed by atoms with Crippen molar-refractivity contribution in [2.45, 2.75) is 19.3 Å². The van der Waals surface area contributed by atoms with Gasteiger partial charge >= 0.3 is 0 Å². The quantitative estimate of drug-likeness (QED) is 0.798. The fraction of sp³-hybridized carbons (Fsp3) is 0.600. The Bertz CT molecular complexity index is 392. The lowest BCUT2D eigenvalue weighted by atomic mass is 10.1. The molecule has 0 saturated carbocycles. The average molecular weight is 266 g/mol. The highest BCUT2D eigenvalue weighted by Gasteiger charge is 2.09. The number of nitrogens with zero attached hydrogens (tertiary/aromatic N) is 1. The van der Waals surface area contributed by atoms with Crippen LogP contribution in [-0.4, -0.2) is 44.7 Å². The van der Waals surface area contributed by atoms with E-state index in [9.17, 15) is 4.39 Å². The molecule has 4 heteroatoms. The fourth-order valence-corrected chi connectivity index (χ4v) is 2.53. The molecule has 1 fully saturated rings. The van der Waals surface area contributed by atoms with E-state index in [0.717, 1.165) is 63.3 Å². The molecule has 0 amide bonds. The van der Waals surface area contributed by atoms with E-state index in [1.54, 1.807) is 19.2 Å². The normalized spacial score (nSPS) is 16.5. The van der Waals surface area contributed by atoms with E-state index in [1.165, 1.54) is 6.07 Å². The number of ether oxygens (including phenoxy) is 1. The van der Waals surface area contributed by atoms with Crippen molar-refractivity contribution in [2.24, 2.45) is 0 Å². The Morgan fingerprint density at radius 1 is 1.26 bits per heavy atom. The molecule has 1 N–H and O–H groups in total. The lowest BCUT2D eigenvalue weighted by Gasteiger charge is -2.27. The highest BCUT2D eigenvalue weighted by atomic mass is 19.1. The predicted octanol–water partition coefficient (Wildman–Crippen LogP) is 2.06. The van der Waals surface area contributed by atoms with Gasteiger partial charge in [0, 0.05) is 26.2 Å². The summed E-state index contributed by atoms with van der Waals surface area (Å²) in [6, 6.07) is 4.74. The Labute approximate surface area is 114 Å². The summed E-state index contributed by atoms with van der Waals surface area (Å²) in [5.74, 6) is 0.612. The zero-order valence-corrected chi connectivity index (χ0v) is 11.6. The van der Waals surface area contributed by atoms with Crippen molar-refractivity contribution >= 4 is 0 Å². The Morgan fingerprint density at radius 2 is 2.05 bits per heavy atom. The van der Waals surface area contributed by atoms with E-state index >= 15 is 0 Å². The number of hydrogen-bond donors (Lipinski definition) is 1. The Kier molecular flexibility index (Phi) is 5.61. The number of methoxy groups -OCH3 is 1. The van der Waals surface area contributed by atoms with Crippen molar-refractivity contribution < 1.29 is 9.13 Å². The maximum Gasteiger partial charge on any atom is 0.123 e. The zero-order valence-electron chi connectivity index (χ0n) is 11.6. The predicted molar refractivity (Wildman–Crippen MR) is 75.2 cm³/mol. The van der Waals surface area contributed by atoms with Gasteiger partial charge in [0.15, 0.2) is 0 Å². The van der Waals surface area contributed by atoms with Crippen LogP contribution in [-0.2, 0) is 6.42 Å². The number of unbranched alkanes of at least 4 members (excludes halogenated alkanes) is 1. The van der Waals surface area contributed by atoms with Gasteiger partial charge in [0.25, 0.3) is 0 Å². The van der Waals surface area contributed by atoms with Crippen molar-refractivity contribution in [3.05, 3.63) is 29.6 Å². The highest BCUT2D eigenvalue weighted by Crippen LogP contribution is 2.21. The minimum atomic E-state index is -0.182. The van der Waals surface area contributed by atoms with Crippen LogP contribution in [0.3, 0.4) is 0 Å². The van der Waals surface area contributed by atoms with E-state index in [0.29, 0.717) is 0 Å². The Hall–Kier alpha value is -1.13. The molecule has 0 atom stereocenters. The zero-order chi connectivity index (χ0) is 13.5. The van der Waals surface area contributed by atoms with Crippen LogP contribution >= 0.6 is 0 Å². The number of rotatable bonds is 6. The van der Waals surface area contributed by atoms with Crippen molar-refractivity contribution in [2.75, 3.05) is 39.8 Å². The van der Waals surface area contributed by atoms with Gasteiger partial charge in [-0.2, -0.15) is 0 Å². The number of benzene rings is 1. The number of halogens is 1. The van der Waals surface area contributed by atoms with E-state index < -0.39 is 0 Å². The summed E-state index contributed by atoms with van der Waals surface area (Å²) in [6.07, 6.45) is 3.11. The van der Waals surface area contributed by atoms with Gasteiger partial charge < -0.3 is 15.0 Å². The number of hydrogen-bond acceptors (Lipinski definition) is 3. The molecular formula is C15H23FN2O. The first-order chi connectivity index (χ1) is 9.29. The minimum Gasteiger partial charge on any atom is -0.496 e. The van der Waals surface area contributed by atoms with Gasteiger partial charge in [0.05, 0.1) is 7.11 Å². The SMILES string of the molecule is COc1ccc(F)cc1CCCCN1CCNCC1. The number of piperazine rings is 1. The van der Waals surface area contributed by atoms with Crippen LogP contribution in [0, 0.1) is 5.82 Å². The third-order valence-electron chi connectivity index (χ3n) is 3.62. The van der Waals surface area contributed by atoms with Crippen LogP contribution < -0.4 is 10.1 Å². The van der Waals surface area contributed by atoms with E-state index in [1.807, 2.05) is 0 Å². The van der Waals surface area contributed by atoms with Gasteiger partial charge in [-0.05, 0) is 49.6 Å². The topological polar surface area (TPSA) is 24.5 Å². The molecule has 1 aromatic carbocycles. The third kappa shape index (κ3) is 4.48. The molecule has 3 nitrogen and oxygen atoms in total. The van der Waals surface area contributed by atoms with Gasteiger partial charge in [-0.15, -0.1) is 0 Å². The molecule has 106 valence electrons. The first-order valence-corrected chi connectivity index (χ1v) is 7.05. The molecule has 2 rings (SSSR count). The average Bonchev–Trinajstić information content (AvgIpc) is 2.45. The molecule has 1 aromatic rings. The summed E-state index contributed by atoms with van der Waals surface area (Å²) < 4.78 is 18.5. The largest absolute Gasteiger partial charge is 0.496 e. The van der Waals surface area contributed by atoms with Crippen LogP contribution in [0.4, 0.5) is 4.39 Å². The number of nitrogens with one attached hydrogen (secondary N) is 1. The molecule has 0 aromatic heterocycles. The molecule has 0 radical (unpaired) electrons. The monoisotopic (exact) mass is 266 g/mol. The minimum absolute atomic E-state index is 0.182. The summed E-state index contributed by atoms with van der Waals surface area (Å²) in [6.45, 7) is 5.61. The molecule has 1 heterocycles. The van der Waals surface area contributed by atoms with Crippen LogP contribution in [0.15, 0.2) is 18.2 Å². The van der Waals surface area contributed by atoms with Crippen LogP contribution in [0.25, 0.3) is 0 Å². The molecule has 1 aliphatic heterocycles. The maximum absolute atomic E-state index is 13.2. The molecule has 19 heavy (non-hydrogen) atoms. The van der Waals surface area contributed by atoms with Crippen molar-refractivity contribution in [1.29, 1.82) is 0 Å². The maximum atomic E-state index is 13.2. The number of aryl methyl sites for hydroxylation is 1. The Balaban J connectivity index is 1.74. The molecule has 0 spiro atoms. The second-order valence-electron chi connectivity index (χ2n) is 5.00. The second-order valence-corrected chi connectivity index (χ2v) is 5.00. The van der Waals surface area contributed by atoms with Gasteiger partial charge in [0.2, 0.25) is 0 Å². The third-order valence-corrected chi connectivity index (χ3v) is 3.62. The van der Waals surface area contributed by atoms with E-state index in [2.05, 4.69) is 10.2 Å². The van der Waals surface area contributed by atoms with Crippen molar-refractivity contribution in [1.82, 2.24) is 10.2 Å². The van der Waals surface area contributed by atoms with Gasteiger partial charge in [-0.1, -0.05) is 0 Å². The molecular weight excluding hydrogens is 243 g/mol. The van der Waals surface area contributed by atoms with Gasteiger partial charge in [-0.25, -0.2) is 4.39 Å². The first kappa shape index (κ1) is 14.3. The fourth-order valence-electron chi connectivity index (χ4n) is 2.53. The lowest BCUT2D eigenvalue weighted by Crippen LogP contribution is -2.43. The molecule has 0 unspecified atom stereocenters. The second kappa shape index (κ2) is 7.46. The van der Waals surface area contributed by atoms with Gasteiger partial charge in [0.1, 0.15) is 11.6 Å². The summed E-state index contributed by atoms with van der Waals surface area (Å²) in [7, 11) is 1.64. The van der Waals surface area contributed by atoms with Crippen molar-refractivity contribution in [3.63, 3.8) is 0 Å². The van der Waals surface area contributed by atoms with Crippen LogP contribution in [0.5, 0.6) is 5.75 Å². The van der Waals surface area contributed by atoms with Crippen molar-refractivity contribution in [3.8, 4) is 5.75 Å². The summed E-state index contributed by atoms with van der Waals surface area (Å²) >= 11 is 0. The lowest BCUT2D eigenvalue weighted by molar-refractivity contribution is 0.236. The molecule has 1 saturated heterocycles. The Morgan fingerprint density at radius 3 is 2.79 bits per heavy atom. The van der Waals surface area contributed by atoms with E-state index in [-0.39, 0.29) is 5.82 Å². The molecule has 0 aliphatic carbocycles. The highest BCUT2D eigenvalue weighted by molar-refractivity contribution is 5.33. The summed E-state index contributed by atoms with van der Waals surface area (Å²) in [5.41, 5.74) is 0.975. The van der Waals surface area contributed by atoms with E-state index in [4.69, 9.17) is 4.74 Å². The summed E-state index contributed by atoms with van der Waals surface area (Å²) in [4.78, 5) is 2.49. The standard InChI is InChI=1S/C15H23FN2O/c1-19-15-6-5-14(16)12-13(15)4-2-3-9-18-10-7-17-8-11-18/h5-6,12,17H,2-4,7-11H2,1H3. The van der Waals surface area contributed by atoms with Crippen LogP contribution in [0.1, 0.15) is 18.4 Å². The molecule has 0 bridgehead atoms. The van der Waals surface area contributed by atoms with Gasteiger partial charge in [-0.3, -0.25) is 0 Å². The molecule has 1 aliphatic rings.